The topological polar surface area (TPSA) is 123 Å². The smallest absolute Gasteiger partial charge is 0.343 e. The zero-order valence-electron chi connectivity index (χ0n) is 21.5. The molecular formula is C29H23Cl2N3O6S. The van der Waals surface area contributed by atoms with E-state index in [4.69, 9.17) is 32.7 Å². The molecule has 2 N–H and O–H groups in total. The first-order valence-corrected chi connectivity index (χ1v) is 14.3. The quantitative estimate of drug-likeness (QED) is 0.0955. The van der Waals surface area contributed by atoms with Gasteiger partial charge < -0.3 is 9.47 Å². The number of amides is 1. The van der Waals surface area contributed by atoms with Crippen LogP contribution < -0.4 is 19.6 Å². The molecule has 41 heavy (non-hydrogen) atoms. The van der Waals surface area contributed by atoms with Crippen LogP contribution in [0, 0.1) is 0 Å². The van der Waals surface area contributed by atoms with Crippen molar-refractivity contribution in [3.05, 3.63) is 118 Å². The van der Waals surface area contributed by atoms with Crippen LogP contribution in [0.15, 0.2) is 101 Å². The van der Waals surface area contributed by atoms with Crippen molar-refractivity contribution in [2.24, 2.45) is 5.10 Å². The highest BCUT2D eigenvalue weighted by Crippen LogP contribution is 2.29. The maximum absolute atomic E-state index is 12.5. The predicted octanol–water partition coefficient (Wildman–Crippen LogP) is 6.18. The lowest BCUT2D eigenvalue weighted by Gasteiger charge is -2.11. The summed E-state index contributed by atoms with van der Waals surface area (Å²) >= 11 is 11.7. The molecule has 12 heteroatoms. The minimum Gasteiger partial charge on any atom is -0.490 e. The van der Waals surface area contributed by atoms with Gasteiger partial charge in [-0.05, 0) is 103 Å². The maximum atomic E-state index is 12.5. The number of anilines is 1. The van der Waals surface area contributed by atoms with Gasteiger partial charge >= 0.3 is 5.97 Å². The van der Waals surface area contributed by atoms with E-state index in [9.17, 15) is 18.0 Å². The Morgan fingerprint density at radius 2 is 1.44 bits per heavy atom. The van der Waals surface area contributed by atoms with Gasteiger partial charge in [0.1, 0.15) is 0 Å². The number of esters is 1. The summed E-state index contributed by atoms with van der Waals surface area (Å²) in [6.07, 6.45) is 1.40. The van der Waals surface area contributed by atoms with Crippen LogP contribution in [-0.2, 0) is 10.0 Å². The molecule has 9 nitrogen and oxygen atoms in total. The molecule has 0 radical (unpaired) electrons. The fourth-order valence-corrected chi connectivity index (χ4v) is 4.76. The summed E-state index contributed by atoms with van der Waals surface area (Å²) in [7, 11) is -3.82. The number of carbonyl (C=O) groups excluding carboxylic acids is 2. The molecule has 0 saturated carbocycles. The number of benzene rings is 4. The van der Waals surface area contributed by atoms with E-state index in [-0.39, 0.29) is 21.9 Å². The SMILES string of the molecule is CCOc1cc(/C=N/NC(=O)c2ccc(NS(=O)(=O)c3ccc(Cl)cc3)cc2)ccc1OC(=O)c1ccc(Cl)cc1. The molecule has 0 unspecified atom stereocenters. The number of hydrogen-bond donors (Lipinski definition) is 2. The third-order valence-electron chi connectivity index (χ3n) is 5.45. The highest BCUT2D eigenvalue weighted by Gasteiger charge is 2.15. The summed E-state index contributed by atoms with van der Waals surface area (Å²) < 4.78 is 38.6. The Bertz CT molecular complexity index is 1680. The second-order valence-corrected chi connectivity index (χ2v) is 10.9. The minimum absolute atomic E-state index is 0.0540. The van der Waals surface area contributed by atoms with Crippen LogP contribution in [-0.4, -0.2) is 33.1 Å². The molecule has 4 aromatic carbocycles. The molecule has 0 aliphatic heterocycles. The summed E-state index contributed by atoms with van der Waals surface area (Å²) in [6.45, 7) is 2.12. The zero-order valence-corrected chi connectivity index (χ0v) is 23.8. The molecule has 0 bridgehead atoms. The number of rotatable bonds is 10. The van der Waals surface area contributed by atoms with E-state index in [0.29, 0.717) is 33.5 Å². The Kier molecular flexibility index (Phi) is 9.61. The van der Waals surface area contributed by atoms with Gasteiger partial charge in [-0.1, -0.05) is 23.2 Å². The van der Waals surface area contributed by atoms with Crippen molar-refractivity contribution in [1.29, 1.82) is 0 Å². The molecular weight excluding hydrogens is 589 g/mol. The Hall–Kier alpha value is -4.38. The van der Waals surface area contributed by atoms with Crippen LogP contribution in [0.2, 0.25) is 10.0 Å². The van der Waals surface area contributed by atoms with Crippen LogP contribution >= 0.6 is 23.2 Å². The summed E-state index contributed by atoms with van der Waals surface area (Å²) in [5.41, 5.74) is 3.86. The molecule has 210 valence electrons. The Morgan fingerprint density at radius 3 is 2.07 bits per heavy atom. The number of nitrogens with zero attached hydrogens (tertiary/aromatic N) is 1. The average molecular weight is 612 g/mol. The fourth-order valence-electron chi connectivity index (χ4n) is 3.45. The van der Waals surface area contributed by atoms with Crippen LogP contribution in [0.1, 0.15) is 33.2 Å². The summed E-state index contributed by atoms with van der Waals surface area (Å²) in [6, 6.07) is 22.7. The number of ether oxygens (including phenoxy) is 2. The van der Waals surface area contributed by atoms with Crippen molar-refractivity contribution < 1.29 is 27.5 Å². The van der Waals surface area contributed by atoms with E-state index < -0.39 is 21.9 Å². The third kappa shape index (κ3) is 8.07. The molecule has 0 saturated heterocycles. The van der Waals surface area contributed by atoms with Crippen molar-refractivity contribution in [3.63, 3.8) is 0 Å². The highest BCUT2D eigenvalue weighted by atomic mass is 35.5. The van der Waals surface area contributed by atoms with Gasteiger partial charge in [-0.15, -0.1) is 0 Å². The molecule has 0 aromatic heterocycles. The molecule has 0 atom stereocenters. The summed E-state index contributed by atoms with van der Waals surface area (Å²) in [5, 5.41) is 4.89. The van der Waals surface area contributed by atoms with Crippen LogP contribution in [0.25, 0.3) is 0 Å². The van der Waals surface area contributed by atoms with Crippen molar-refractivity contribution in [3.8, 4) is 11.5 Å². The van der Waals surface area contributed by atoms with E-state index in [1.54, 1.807) is 49.4 Å². The Balaban J connectivity index is 1.37. The largest absolute Gasteiger partial charge is 0.490 e. The summed E-state index contributed by atoms with van der Waals surface area (Å²) in [5.74, 6) is -0.534. The number of nitrogens with one attached hydrogen (secondary N) is 2. The van der Waals surface area contributed by atoms with Crippen molar-refractivity contribution in [2.75, 3.05) is 11.3 Å². The van der Waals surface area contributed by atoms with E-state index in [0.717, 1.165) is 0 Å². The van der Waals surface area contributed by atoms with Gasteiger partial charge in [-0.2, -0.15) is 5.10 Å². The number of hydrogen-bond acceptors (Lipinski definition) is 7. The summed E-state index contributed by atoms with van der Waals surface area (Å²) in [4.78, 5) is 25.1. The third-order valence-corrected chi connectivity index (χ3v) is 7.35. The minimum atomic E-state index is -3.82. The van der Waals surface area contributed by atoms with Gasteiger partial charge in [-0.25, -0.2) is 18.6 Å². The first-order valence-electron chi connectivity index (χ1n) is 12.1. The van der Waals surface area contributed by atoms with E-state index in [2.05, 4.69) is 15.2 Å². The van der Waals surface area contributed by atoms with E-state index >= 15 is 0 Å². The van der Waals surface area contributed by atoms with Gasteiger partial charge in [0.15, 0.2) is 11.5 Å². The van der Waals surface area contributed by atoms with Gasteiger partial charge in [0.05, 0.1) is 23.3 Å². The van der Waals surface area contributed by atoms with Gasteiger partial charge in [0.2, 0.25) is 0 Å². The Morgan fingerprint density at radius 1 is 0.829 bits per heavy atom. The number of hydrazone groups is 1. The standard InChI is InChI=1S/C29H23Cl2N3O6S/c1-2-39-27-17-19(3-16-26(27)40-29(36)21-4-8-22(30)9-5-21)18-32-33-28(35)20-6-12-24(13-7-20)34-41(37,38)25-14-10-23(31)11-15-25/h3-18,34H,2H2,1H3,(H,33,35)/b32-18+. The number of sulfonamides is 1. The molecule has 4 rings (SSSR count). The second-order valence-electron chi connectivity index (χ2n) is 8.37. The predicted molar refractivity (Wildman–Crippen MR) is 158 cm³/mol. The van der Waals surface area contributed by atoms with E-state index in [1.165, 1.54) is 54.7 Å². The second kappa shape index (κ2) is 13.3. The first-order chi connectivity index (χ1) is 19.6. The lowest BCUT2D eigenvalue weighted by atomic mass is 10.2. The molecule has 0 aliphatic carbocycles. The zero-order chi connectivity index (χ0) is 29.4. The first kappa shape index (κ1) is 29.6. The van der Waals surface area contributed by atoms with Crippen molar-refractivity contribution in [2.45, 2.75) is 11.8 Å². The number of carbonyl (C=O) groups is 2. The maximum Gasteiger partial charge on any atom is 0.343 e. The van der Waals surface area contributed by atoms with Crippen molar-refractivity contribution in [1.82, 2.24) is 5.43 Å². The van der Waals surface area contributed by atoms with Crippen LogP contribution in [0.5, 0.6) is 11.5 Å². The lowest BCUT2D eigenvalue weighted by molar-refractivity contribution is 0.0728. The molecule has 0 heterocycles. The van der Waals surface area contributed by atoms with E-state index in [1.807, 2.05) is 0 Å². The molecule has 0 spiro atoms. The lowest BCUT2D eigenvalue weighted by Crippen LogP contribution is -2.18. The van der Waals surface area contributed by atoms with Gasteiger partial charge in [0, 0.05) is 21.3 Å². The monoisotopic (exact) mass is 611 g/mol. The number of halogens is 2. The molecule has 4 aromatic rings. The highest BCUT2D eigenvalue weighted by molar-refractivity contribution is 7.92. The van der Waals surface area contributed by atoms with Crippen LogP contribution in [0.3, 0.4) is 0 Å². The van der Waals surface area contributed by atoms with Crippen LogP contribution in [0.4, 0.5) is 5.69 Å². The molecule has 1 amide bonds. The molecule has 0 aliphatic rings. The molecule has 0 fully saturated rings. The van der Waals surface area contributed by atoms with Crippen molar-refractivity contribution >= 4 is 57.0 Å². The normalized spacial score (nSPS) is 11.2. The Labute approximate surface area is 246 Å². The average Bonchev–Trinajstić information content (AvgIpc) is 2.95. The van der Waals surface area contributed by atoms with Gasteiger partial charge in [-0.3, -0.25) is 9.52 Å². The fraction of sp³-hybridized carbons (Fsp3) is 0.0690. The van der Waals surface area contributed by atoms with Gasteiger partial charge in [0.25, 0.3) is 15.9 Å².